The first-order chi connectivity index (χ1) is 2.50. The molecule has 0 amide bonds. The lowest BCUT2D eigenvalue weighted by molar-refractivity contribution is 1.23. The standard InChI is InChI=1S/C2H4N2S/c1-3-2-5-4-1/h1-2H2. The van der Waals surface area contributed by atoms with Gasteiger partial charge in [0, 0.05) is 6.67 Å². The van der Waals surface area contributed by atoms with Crippen molar-refractivity contribution < 1.29 is 0 Å². The fraction of sp³-hybridized carbons (Fsp3) is 1.00. The molecule has 3 heteroatoms. The van der Waals surface area contributed by atoms with Gasteiger partial charge >= 0.3 is 0 Å². The number of hydrogen-bond acceptors (Lipinski definition) is 1. The maximum Gasteiger partial charge on any atom is 0.285 e. The molecule has 1 aliphatic rings. The molecule has 0 radical (unpaired) electrons. The van der Waals surface area contributed by atoms with E-state index in [1.165, 1.54) is 11.6 Å². The van der Waals surface area contributed by atoms with Crippen LogP contribution in [0, 0.1) is 0 Å². The van der Waals surface area contributed by atoms with Crippen molar-refractivity contribution in [2.45, 2.75) is 0 Å². The normalized spacial score (nSPS) is 20.8. The molecule has 0 N–H and O–H groups in total. The lowest BCUT2D eigenvalue weighted by atomic mass is 11.1. The minimum Gasteiger partial charge on any atom is -0.584 e. The summed E-state index contributed by atoms with van der Waals surface area (Å²) in [7, 11) is 0. The van der Waals surface area contributed by atoms with Crippen LogP contribution in [0.15, 0.2) is 4.36 Å². The van der Waals surface area contributed by atoms with E-state index in [2.05, 4.69) is 9.68 Å². The Bertz CT molecular complexity index is 45.6. The van der Waals surface area contributed by atoms with Crippen LogP contribution in [-0.4, -0.2) is 12.5 Å². The first kappa shape index (κ1) is 3.18. The first-order valence-corrected chi connectivity index (χ1v) is 2.36. The Morgan fingerprint density at radius 1 is 1.80 bits per heavy atom. The molecule has 0 saturated carbocycles. The largest absolute Gasteiger partial charge is 0.584 e. The molecule has 0 spiro atoms. The molecule has 0 aromatic heterocycles. The second kappa shape index (κ2) is 1.43. The van der Waals surface area contributed by atoms with E-state index in [4.69, 9.17) is 0 Å². The zero-order chi connectivity index (χ0) is 3.54. The number of rotatable bonds is 0. The molecular weight excluding hydrogens is 84.1 g/mol. The Morgan fingerprint density at radius 2 is 2.80 bits per heavy atom. The Balaban J connectivity index is 2.32. The smallest absolute Gasteiger partial charge is 0.285 e. The summed E-state index contributed by atoms with van der Waals surface area (Å²) in [4.78, 5) is 0. The van der Waals surface area contributed by atoms with Crippen molar-refractivity contribution in [3.05, 3.63) is 5.32 Å². The lowest BCUT2D eigenvalue weighted by Crippen LogP contribution is -1.65. The molecule has 0 aliphatic carbocycles. The van der Waals surface area contributed by atoms with Gasteiger partial charge in [-0.05, 0) is 0 Å². The van der Waals surface area contributed by atoms with E-state index in [0.717, 1.165) is 5.88 Å². The molecule has 1 rings (SSSR count). The van der Waals surface area contributed by atoms with Crippen molar-refractivity contribution in [1.29, 1.82) is 0 Å². The van der Waals surface area contributed by atoms with Crippen LogP contribution in [0.25, 0.3) is 5.32 Å². The van der Waals surface area contributed by atoms with Gasteiger partial charge in [0.2, 0.25) is 0 Å². The van der Waals surface area contributed by atoms with Gasteiger partial charge in [0.05, 0.1) is 0 Å². The highest BCUT2D eigenvalue weighted by atomic mass is 32.1. The second-order valence-electron chi connectivity index (χ2n) is 0.752. The van der Waals surface area contributed by atoms with Crippen LogP contribution in [0.5, 0.6) is 0 Å². The highest BCUT2D eigenvalue weighted by Gasteiger charge is 1.87. The maximum absolute atomic E-state index is 3.88. The van der Waals surface area contributed by atoms with E-state index in [1.54, 1.807) is 0 Å². The van der Waals surface area contributed by atoms with Crippen LogP contribution >= 0.6 is 0 Å². The molecule has 1 aliphatic heterocycles. The Morgan fingerprint density at radius 3 is 3.00 bits per heavy atom. The molecule has 0 atom stereocenters. The molecule has 1 heterocycles. The van der Waals surface area contributed by atoms with Crippen molar-refractivity contribution in [3.63, 3.8) is 0 Å². The van der Waals surface area contributed by atoms with Crippen LogP contribution in [0.1, 0.15) is 0 Å². The van der Waals surface area contributed by atoms with E-state index in [9.17, 15) is 0 Å². The van der Waals surface area contributed by atoms with Crippen LogP contribution in [0.3, 0.4) is 0 Å². The van der Waals surface area contributed by atoms with Crippen molar-refractivity contribution in [1.82, 2.24) is 0 Å². The summed E-state index contributed by atoms with van der Waals surface area (Å²) in [5, 5.41) is 3.88. The number of nitrogens with zero attached hydrogens (tertiary/aromatic N) is 2. The summed E-state index contributed by atoms with van der Waals surface area (Å²) in [5.41, 5.74) is 0. The van der Waals surface area contributed by atoms with Gasteiger partial charge in [0.15, 0.2) is 0 Å². The summed E-state index contributed by atoms with van der Waals surface area (Å²) in [6.07, 6.45) is 0. The van der Waals surface area contributed by atoms with Gasteiger partial charge in [0.25, 0.3) is 11.6 Å². The number of hydrogen-bond donors (Lipinski definition) is 0. The molecule has 28 valence electrons. The van der Waals surface area contributed by atoms with E-state index in [0.29, 0.717) is 6.67 Å². The summed E-state index contributed by atoms with van der Waals surface area (Å²) in [6, 6.07) is 0. The molecule has 0 saturated heterocycles. The van der Waals surface area contributed by atoms with E-state index in [1.807, 2.05) is 0 Å². The summed E-state index contributed by atoms with van der Waals surface area (Å²) >= 11 is 1.53. The zero-order valence-corrected chi connectivity index (χ0v) is 3.53. The predicted molar refractivity (Wildman–Crippen MR) is 22.9 cm³/mol. The fourth-order valence-electron chi connectivity index (χ4n) is 0.204. The molecule has 2 nitrogen and oxygen atoms in total. The Kier molecular flexibility index (Phi) is 0.907. The average Bonchev–Trinajstić information content (AvgIpc) is 1.76. The van der Waals surface area contributed by atoms with Crippen molar-refractivity contribution >= 4 is 11.6 Å². The highest BCUT2D eigenvalue weighted by Crippen LogP contribution is 1.92. The lowest BCUT2D eigenvalue weighted by Gasteiger charge is -1.87. The van der Waals surface area contributed by atoms with Gasteiger partial charge in [-0.3, -0.25) is 0 Å². The predicted octanol–water partition coefficient (Wildman–Crippen LogP) is 0.555. The third-order valence-corrected chi connectivity index (χ3v) is 0.994. The Labute approximate surface area is 34.7 Å². The van der Waals surface area contributed by atoms with Crippen molar-refractivity contribution in [2.75, 3.05) is 12.5 Å². The van der Waals surface area contributed by atoms with Crippen molar-refractivity contribution in [3.8, 4) is 0 Å². The van der Waals surface area contributed by atoms with Gasteiger partial charge in [-0.2, -0.15) is 0 Å². The van der Waals surface area contributed by atoms with E-state index < -0.39 is 0 Å². The SMILES string of the molecule is C1N=[S+]C[N-]1. The Hall–Kier alpha value is -0.0200. The zero-order valence-electron chi connectivity index (χ0n) is 2.72. The monoisotopic (exact) mass is 88.0 g/mol. The minimum absolute atomic E-state index is 0.713. The van der Waals surface area contributed by atoms with Gasteiger partial charge in [-0.1, -0.05) is 4.36 Å². The molecular formula is C2H4N2S. The van der Waals surface area contributed by atoms with Gasteiger partial charge in [-0.25, -0.2) is 0 Å². The first-order valence-electron chi connectivity index (χ1n) is 1.42. The molecule has 5 heavy (non-hydrogen) atoms. The summed E-state index contributed by atoms with van der Waals surface area (Å²) in [6.45, 7) is 0.713. The topological polar surface area (TPSA) is 26.5 Å². The average molecular weight is 88.1 g/mol. The molecule has 0 aromatic carbocycles. The van der Waals surface area contributed by atoms with Gasteiger partial charge < -0.3 is 5.32 Å². The molecule has 0 unspecified atom stereocenters. The van der Waals surface area contributed by atoms with Crippen LogP contribution in [0.2, 0.25) is 0 Å². The third-order valence-electron chi connectivity index (χ3n) is 0.398. The van der Waals surface area contributed by atoms with Crippen LogP contribution in [-0.2, 0) is 11.6 Å². The van der Waals surface area contributed by atoms with E-state index in [-0.39, 0.29) is 0 Å². The highest BCUT2D eigenvalue weighted by molar-refractivity contribution is 7.68. The van der Waals surface area contributed by atoms with Crippen LogP contribution < -0.4 is 0 Å². The second-order valence-corrected chi connectivity index (χ2v) is 1.53. The summed E-state index contributed by atoms with van der Waals surface area (Å²) in [5.74, 6) is 0.875. The minimum atomic E-state index is 0.713. The van der Waals surface area contributed by atoms with Gasteiger partial charge in [0.1, 0.15) is 5.88 Å². The summed E-state index contributed by atoms with van der Waals surface area (Å²) < 4.78 is 3.83. The van der Waals surface area contributed by atoms with E-state index >= 15 is 0 Å². The molecule has 0 aromatic rings. The fourth-order valence-corrected chi connectivity index (χ4v) is 0.612. The van der Waals surface area contributed by atoms with Crippen molar-refractivity contribution in [2.24, 2.45) is 4.36 Å². The van der Waals surface area contributed by atoms with Gasteiger partial charge in [-0.15, -0.1) is 0 Å². The maximum atomic E-state index is 3.88. The third kappa shape index (κ3) is 0.629. The molecule has 0 bridgehead atoms. The van der Waals surface area contributed by atoms with Crippen LogP contribution in [0.4, 0.5) is 0 Å². The quantitative estimate of drug-likeness (QED) is 0.387. The molecule has 0 fully saturated rings.